The van der Waals surface area contributed by atoms with E-state index in [4.69, 9.17) is 4.74 Å². The Labute approximate surface area is 153 Å². The van der Waals surface area contributed by atoms with Gasteiger partial charge in [-0.1, -0.05) is 42.5 Å². The molecule has 0 saturated carbocycles. The number of esters is 1. The number of imide groups is 1. The van der Waals surface area contributed by atoms with Crippen molar-refractivity contribution in [3.8, 4) is 0 Å². The molecule has 2 aromatic rings. The monoisotopic (exact) mass is 374 g/mol. The quantitative estimate of drug-likeness (QED) is 0.777. The fourth-order valence-electron chi connectivity index (χ4n) is 2.20. The maximum absolute atomic E-state index is 12.6. The molecule has 2 aromatic carbocycles. The van der Waals surface area contributed by atoms with Crippen molar-refractivity contribution in [2.24, 2.45) is 0 Å². The van der Waals surface area contributed by atoms with E-state index in [2.05, 4.69) is 10.6 Å². The van der Waals surface area contributed by atoms with Gasteiger partial charge in [0.15, 0.2) is 0 Å². The van der Waals surface area contributed by atoms with Crippen LogP contribution in [0, 0.1) is 0 Å². The second kappa shape index (κ2) is 8.91. The summed E-state index contributed by atoms with van der Waals surface area (Å²) in [6.45, 7) is 0. The number of carbonyl (C=O) groups is 3. The van der Waals surface area contributed by atoms with Gasteiger partial charge in [0.2, 0.25) is 6.10 Å². The van der Waals surface area contributed by atoms with Gasteiger partial charge in [0.25, 0.3) is 5.91 Å². The summed E-state index contributed by atoms with van der Waals surface area (Å²) < 4.78 is 17.2. The number of carbonyl (C=O) groups excluding carboxylic acids is 3. The second-order valence-electron chi connectivity index (χ2n) is 5.21. The molecule has 3 amide bonds. The van der Waals surface area contributed by atoms with Crippen molar-refractivity contribution in [2.45, 2.75) is 11.0 Å². The average Bonchev–Trinajstić information content (AvgIpc) is 2.66. The van der Waals surface area contributed by atoms with Crippen LogP contribution in [0.3, 0.4) is 0 Å². The molecule has 26 heavy (non-hydrogen) atoms. The molecule has 0 bridgehead atoms. The third-order valence-corrected chi connectivity index (χ3v) is 4.42. The minimum Gasteiger partial charge on any atom is -0.444 e. The number of hydrogen-bond acceptors (Lipinski definition) is 5. The molecule has 0 aromatic heterocycles. The Balaban J connectivity index is 2.32. The van der Waals surface area contributed by atoms with Gasteiger partial charge in [-0.2, -0.15) is 0 Å². The molecule has 136 valence electrons. The van der Waals surface area contributed by atoms with Gasteiger partial charge in [-0.3, -0.25) is 14.3 Å². The van der Waals surface area contributed by atoms with Crippen LogP contribution in [0.2, 0.25) is 0 Å². The molecule has 8 heteroatoms. The van der Waals surface area contributed by atoms with E-state index < -0.39 is 34.8 Å². The van der Waals surface area contributed by atoms with Gasteiger partial charge in [0, 0.05) is 18.9 Å². The SMILES string of the molecule is CNC(=O)NC(=O)[C@H](OC(=O)c1ccccc1[S@@](C)=O)c1ccccc1. The molecule has 0 saturated heterocycles. The van der Waals surface area contributed by atoms with Gasteiger partial charge < -0.3 is 10.1 Å². The third kappa shape index (κ3) is 4.76. The van der Waals surface area contributed by atoms with Gasteiger partial charge >= 0.3 is 12.0 Å². The minimum absolute atomic E-state index is 0.0991. The standard InChI is InChI=1S/C18H18N2O5S/c1-19-18(23)20-16(21)15(12-8-4-3-5-9-12)25-17(22)13-10-6-7-11-14(13)26(2)24/h3-11,15H,1-2H3,(H2,19,20,21,23)/t15-,26-/m1/s1. The number of hydrogen-bond donors (Lipinski definition) is 2. The van der Waals surface area contributed by atoms with Crippen molar-refractivity contribution >= 4 is 28.7 Å². The zero-order valence-electron chi connectivity index (χ0n) is 14.2. The number of rotatable bonds is 5. The summed E-state index contributed by atoms with van der Waals surface area (Å²) in [7, 11) is -0.0471. The summed E-state index contributed by atoms with van der Waals surface area (Å²) in [4.78, 5) is 36.7. The molecular formula is C18H18N2O5S. The van der Waals surface area contributed by atoms with Crippen molar-refractivity contribution in [3.05, 3.63) is 65.7 Å². The van der Waals surface area contributed by atoms with Crippen LogP contribution >= 0.6 is 0 Å². The normalized spacial score (nSPS) is 12.5. The van der Waals surface area contributed by atoms with E-state index in [1.54, 1.807) is 48.5 Å². The van der Waals surface area contributed by atoms with E-state index in [9.17, 15) is 18.6 Å². The topological polar surface area (TPSA) is 102 Å². The lowest BCUT2D eigenvalue weighted by Crippen LogP contribution is -2.41. The van der Waals surface area contributed by atoms with E-state index in [0.717, 1.165) is 0 Å². The van der Waals surface area contributed by atoms with Crippen LogP contribution in [0.25, 0.3) is 0 Å². The number of amides is 3. The Morgan fingerprint density at radius 2 is 1.62 bits per heavy atom. The fraction of sp³-hybridized carbons (Fsp3) is 0.167. The number of benzene rings is 2. The predicted octanol–water partition coefficient (Wildman–Crippen LogP) is 1.78. The molecule has 0 fully saturated rings. The van der Waals surface area contributed by atoms with Crippen LogP contribution in [0.1, 0.15) is 22.0 Å². The number of ether oxygens (including phenoxy) is 1. The van der Waals surface area contributed by atoms with E-state index in [-0.39, 0.29) is 5.56 Å². The van der Waals surface area contributed by atoms with Crippen molar-refractivity contribution in [1.29, 1.82) is 0 Å². The first kappa shape index (κ1) is 19.3. The first-order chi connectivity index (χ1) is 12.4. The third-order valence-electron chi connectivity index (χ3n) is 3.45. The van der Waals surface area contributed by atoms with Crippen LogP contribution < -0.4 is 10.6 Å². The smallest absolute Gasteiger partial charge is 0.340 e. The van der Waals surface area contributed by atoms with Crippen LogP contribution in [0.15, 0.2) is 59.5 Å². The second-order valence-corrected chi connectivity index (χ2v) is 6.56. The lowest BCUT2D eigenvalue weighted by molar-refractivity contribution is -0.129. The van der Waals surface area contributed by atoms with Gasteiger partial charge in [-0.15, -0.1) is 0 Å². The van der Waals surface area contributed by atoms with Crippen molar-refractivity contribution in [1.82, 2.24) is 10.6 Å². The molecule has 7 nitrogen and oxygen atoms in total. The van der Waals surface area contributed by atoms with E-state index in [1.807, 2.05) is 0 Å². The van der Waals surface area contributed by atoms with Crippen LogP contribution in [0.4, 0.5) is 4.79 Å². The minimum atomic E-state index is -1.41. The van der Waals surface area contributed by atoms with Crippen molar-refractivity contribution < 1.29 is 23.3 Å². The van der Waals surface area contributed by atoms with E-state index in [1.165, 1.54) is 19.4 Å². The molecule has 2 atom stereocenters. The summed E-state index contributed by atoms with van der Waals surface area (Å²) in [5, 5.41) is 4.36. The van der Waals surface area contributed by atoms with Crippen LogP contribution in [-0.4, -0.2) is 35.4 Å². The first-order valence-electron chi connectivity index (χ1n) is 7.65. The van der Waals surface area contributed by atoms with Gasteiger partial charge in [-0.05, 0) is 12.1 Å². The summed E-state index contributed by atoms with van der Waals surface area (Å²) in [6, 6.07) is 13.9. The zero-order chi connectivity index (χ0) is 19.1. The lowest BCUT2D eigenvalue weighted by atomic mass is 10.1. The molecule has 0 radical (unpaired) electrons. The predicted molar refractivity (Wildman–Crippen MR) is 96.0 cm³/mol. The Kier molecular flexibility index (Phi) is 6.62. The summed E-state index contributed by atoms with van der Waals surface area (Å²) >= 11 is 0. The van der Waals surface area contributed by atoms with Crippen LogP contribution in [0.5, 0.6) is 0 Å². The highest BCUT2D eigenvalue weighted by Gasteiger charge is 2.28. The Bertz CT molecular complexity index is 838. The average molecular weight is 374 g/mol. The summed E-state index contributed by atoms with van der Waals surface area (Å²) in [5.41, 5.74) is 0.499. The molecule has 0 heterocycles. The lowest BCUT2D eigenvalue weighted by Gasteiger charge is -2.18. The largest absolute Gasteiger partial charge is 0.444 e. The van der Waals surface area contributed by atoms with Gasteiger partial charge in [-0.25, -0.2) is 9.59 Å². The van der Waals surface area contributed by atoms with Gasteiger partial charge in [0.1, 0.15) is 0 Å². The molecule has 0 spiro atoms. The van der Waals surface area contributed by atoms with Crippen LogP contribution in [-0.2, 0) is 20.3 Å². The van der Waals surface area contributed by atoms with Gasteiger partial charge in [0.05, 0.1) is 21.3 Å². The van der Waals surface area contributed by atoms with Crippen molar-refractivity contribution in [3.63, 3.8) is 0 Å². The Morgan fingerprint density at radius 1 is 1.00 bits per heavy atom. The fourth-order valence-corrected chi connectivity index (χ4v) is 2.93. The highest BCUT2D eigenvalue weighted by Crippen LogP contribution is 2.22. The maximum atomic E-state index is 12.6. The van der Waals surface area contributed by atoms with E-state index in [0.29, 0.717) is 10.5 Å². The number of urea groups is 1. The van der Waals surface area contributed by atoms with Crippen molar-refractivity contribution in [2.75, 3.05) is 13.3 Å². The molecular weight excluding hydrogens is 356 g/mol. The molecule has 0 unspecified atom stereocenters. The molecule has 0 aliphatic heterocycles. The molecule has 2 N–H and O–H groups in total. The highest BCUT2D eigenvalue weighted by molar-refractivity contribution is 7.84. The number of nitrogens with one attached hydrogen (secondary N) is 2. The summed E-state index contributed by atoms with van der Waals surface area (Å²) in [6.07, 6.45) is 0.110. The molecule has 0 aliphatic rings. The summed E-state index contributed by atoms with van der Waals surface area (Å²) in [5.74, 6) is -1.60. The maximum Gasteiger partial charge on any atom is 0.340 e. The zero-order valence-corrected chi connectivity index (χ0v) is 15.0. The Hall–Kier alpha value is -3.00. The molecule has 0 aliphatic carbocycles. The Morgan fingerprint density at radius 3 is 2.23 bits per heavy atom. The highest BCUT2D eigenvalue weighted by atomic mass is 32.2. The molecule has 2 rings (SSSR count). The van der Waals surface area contributed by atoms with E-state index >= 15 is 0 Å². The first-order valence-corrected chi connectivity index (χ1v) is 9.20.